The number of aromatic nitrogens is 1. The molecule has 1 heterocycles. The van der Waals surface area contributed by atoms with E-state index in [0.717, 1.165) is 5.69 Å². The maximum absolute atomic E-state index is 12.6. The number of ketones is 1. The number of thioether (sulfide) groups is 1. The maximum atomic E-state index is 12.6. The lowest BCUT2D eigenvalue weighted by molar-refractivity contribution is 0.104. The number of rotatable bonds is 5. The Balaban J connectivity index is 1.81. The fourth-order valence-electron chi connectivity index (χ4n) is 2.17. The average Bonchev–Trinajstić information content (AvgIpc) is 3.02. The highest BCUT2D eigenvalue weighted by Crippen LogP contribution is 2.30. The van der Waals surface area contributed by atoms with Crippen LogP contribution in [0.5, 0.6) is 0 Å². The highest BCUT2D eigenvalue weighted by atomic mass is 32.2. The summed E-state index contributed by atoms with van der Waals surface area (Å²) >= 11 is 2.88. The quantitative estimate of drug-likeness (QED) is 0.517. The standard InChI is InChI=1S/C18H14N4OS2/c1-24-14-8-6-13(7-9-14)21-18-22-17(20)16(25-18)15(23)12-4-2-11(10-19)3-5-12/h2-9H,20H2,1H3,(H,21,22). The molecule has 0 aliphatic rings. The van der Waals surface area contributed by atoms with E-state index in [1.165, 1.54) is 16.2 Å². The van der Waals surface area contributed by atoms with Crippen LogP contribution in [0.3, 0.4) is 0 Å². The van der Waals surface area contributed by atoms with Crippen LogP contribution >= 0.6 is 23.1 Å². The zero-order valence-corrected chi connectivity index (χ0v) is 14.9. The van der Waals surface area contributed by atoms with Crippen molar-refractivity contribution in [2.75, 3.05) is 17.3 Å². The van der Waals surface area contributed by atoms with Crippen molar-refractivity contribution >= 4 is 45.5 Å². The Labute approximate surface area is 153 Å². The molecule has 7 heteroatoms. The number of anilines is 3. The summed E-state index contributed by atoms with van der Waals surface area (Å²) in [5.41, 5.74) is 7.78. The van der Waals surface area contributed by atoms with E-state index < -0.39 is 0 Å². The van der Waals surface area contributed by atoms with Crippen LogP contribution in [0.1, 0.15) is 20.8 Å². The number of carbonyl (C=O) groups is 1. The van der Waals surface area contributed by atoms with Crippen molar-refractivity contribution in [2.24, 2.45) is 0 Å². The van der Waals surface area contributed by atoms with Crippen molar-refractivity contribution in [2.45, 2.75) is 4.90 Å². The van der Waals surface area contributed by atoms with Gasteiger partial charge in [0.05, 0.1) is 11.6 Å². The molecule has 0 bridgehead atoms. The third kappa shape index (κ3) is 3.82. The van der Waals surface area contributed by atoms with Gasteiger partial charge in [-0.2, -0.15) is 5.26 Å². The fourth-order valence-corrected chi connectivity index (χ4v) is 3.45. The Kier molecular flexibility index (Phi) is 5.03. The van der Waals surface area contributed by atoms with E-state index in [1.807, 2.05) is 36.6 Å². The number of hydrogen-bond donors (Lipinski definition) is 2. The minimum atomic E-state index is -0.203. The van der Waals surface area contributed by atoms with Crippen molar-refractivity contribution in [3.63, 3.8) is 0 Å². The smallest absolute Gasteiger partial charge is 0.206 e. The fraction of sp³-hybridized carbons (Fsp3) is 0.0556. The van der Waals surface area contributed by atoms with Crippen molar-refractivity contribution in [1.82, 2.24) is 4.98 Å². The Hall–Kier alpha value is -2.82. The van der Waals surface area contributed by atoms with Crippen LogP contribution in [0, 0.1) is 11.3 Å². The number of thiazole rings is 1. The molecule has 3 N–H and O–H groups in total. The Bertz CT molecular complexity index is 941. The molecule has 3 rings (SSSR count). The Morgan fingerprint density at radius 2 is 1.88 bits per heavy atom. The zero-order chi connectivity index (χ0) is 17.8. The number of benzene rings is 2. The summed E-state index contributed by atoms with van der Waals surface area (Å²) in [6.07, 6.45) is 2.02. The van der Waals surface area contributed by atoms with Gasteiger partial charge < -0.3 is 11.1 Å². The van der Waals surface area contributed by atoms with Crippen LogP contribution in [0.15, 0.2) is 53.4 Å². The lowest BCUT2D eigenvalue weighted by atomic mass is 10.1. The van der Waals surface area contributed by atoms with Crippen LogP contribution in [0.4, 0.5) is 16.6 Å². The van der Waals surface area contributed by atoms with Crippen molar-refractivity contribution < 1.29 is 4.79 Å². The number of hydrogen-bond acceptors (Lipinski definition) is 7. The van der Waals surface area contributed by atoms with Gasteiger partial charge >= 0.3 is 0 Å². The van der Waals surface area contributed by atoms with E-state index in [-0.39, 0.29) is 11.6 Å². The number of nitriles is 1. The van der Waals surface area contributed by atoms with Crippen LogP contribution in [0.25, 0.3) is 0 Å². The van der Waals surface area contributed by atoms with Crippen LogP contribution in [-0.2, 0) is 0 Å². The van der Waals surface area contributed by atoms with Crippen molar-refractivity contribution in [3.8, 4) is 6.07 Å². The molecular weight excluding hydrogens is 352 g/mol. The molecule has 0 aliphatic heterocycles. The molecular formula is C18H14N4OS2. The van der Waals surface area contributed by atoms with Gasteiger partial charge in [0.25, 0.3) is 0 Å². The first-order valence-corrected chi connectivity index (χ1v) is 9.37. The molecule has 0 unspecified atom stereocenters. The van der Waals surface area contributed by atoms with E-state index >= 15 is 0 Å². The molecule has 3 aromatic rings. The first-order valence-electron chi connectivity index (χ1n) is 7.33. The first-order chi connectivity index (χ1) is 12.1. The monoisotopic (exact) mass is 366 g/mol. The predicted octanol–water partition coefficient (Wildman–Crippen LogP) is 4.29. The highest BCUT2D eigenvalue weighted by Gasteiger charge is 2.18. The Morgan fingerprint density at radius 1 is 1.20 bits per heavy atom. The lowest BCUT2D eigenvalue weighted by Gasteiger charge is -2.03. The second-order valence-corrected chi connectivity index (χ2v) is 6.98. The van der Waals surface area contributed by atoms with Crippen LogP contribution in [0.2, 0.25) is 0 Å². The third-order valence-corrected chi connectivity index (χ3v) is 5.21. The predicted molar refractivity (Wildman–Crippen MR) is 103 cm³/mol. The number of nitrogens with one attached hydrogen (secondary N) is 1. The summed E-state index contributed by atoms with van der Waals surface area (Å²) in [6, 6.07) is 16.4. The molecule has 1 aromatic heterocycles. The number of nitrogens with two attached hydrogens (primary N) is 1. The average molecular weight is 366 g/mol. The summed E-state index contributed by atoms with van der Waals surface area (Å²) in [6.45, 7) is 0. The van der Waals surface area contributed by atoms with Gasteiger partial charge in [0.2, 0.25) is 5.78 Å². The molecule has 5 nitrogen and oxygen atoms in total. The topological polar surface area (TPSA) is 91.8 Å². The summed E-state index contributed by atoms with van der Waals surface area (Å²) in [4.78, 5) is 18.4. The van der Waals surface area contributed by atoms with Gasteiger partial charge in [0.1, 0.15) is 10.7 Å². The van der Waals surface area contributed by atoms with Gasteiger partial charge in [-0.1, -0.05) is 11.3 Å². The van der Waals surface area contributed by atoms with Crippen molar-refractivity contribution in [3.05, 3.63) is 64.5 Å². The molecule has 0 aliphatic carbocycles. The van der Waals surface area contributed by atoms with Gasteiger partial charge in [0, 0.05) is 16.1 Å². The van der Waals surface area contributed by atoms with Crippen molar-refractivity contribution in [1.29, 1.82) is 5.26 Å². The lowest BCUT2D eigenvalue weighted by Crippen LogP contribution is -2.02. The maximum Gasteiger partial charge on any atom is 0.206 e. The highest BCUT2D eigenvalue weighted by molar-refractivity contribution is 7.98. The number of nitrogens with zero attached hydrogens (tertiary/aromatic N) is 2. The van der Waals surface area contributed by atoms with Gasteiger partial charge in [-0.15, -0.1) is 11.8 Å². The normalized spacial score (nSPS) is 10.2. The minimum absolute atomic E-state index is 0.197. The number of nitrogen functional groups attached to an aromatic ring is 1. The van der Waals surface area contributed by atoms with Crippen LogP contribution in [-0.4, -0.2) is 17.0 Å². The first kappa shape index (κ1) is 17.0. The van der Waals surface area contributed by atoms with E-state index in [1.54, 1.807) is 36.0 Å². The van der Waals surface area contributed by atoms with E-state index in [4.69, 9.17) is 11.0 Å². The van der Waals surface area contributed by atoms with Gasteiger partial charge in [-0.05, 0) is 54.8 Å². The summed E-state index contributed by atoms with van der Waals surface area (Å²) in [5.74, 6) is -0.00661. The molecule has 2 aromatic carbocycles. The van der Waals surface area contributed by atoms with E-state index in [0.29, 0.717) is 21.1 Å². The van der Waals surface area contributed by atoms with Crippen LogP contribution < -0.4 is 11.1 Å². The molecule has 25 heavy (non-hydrogen) atoms. The molecule has 0 saturated heterocycles. The molecule has 0 fully saturated rings. The van der Waals surface area contributed by atoms with E-state index in [9.17, 15) is 4.79 Å². The second-order valence-electron chi connectivity index (χ2n) is 5.11. The van der Waals surface area contributed by atoms with E-state index in [2.05, 4.69) is 10.3 Å². The minimum Gasteiger partial charge on any atom is -0.382 e. The van der Waals surface area contributed by atoms with Gasteiger partial charge in [-0.3, -0.25) is 4.79 Å². The van der Waals surface area contributed by atoms with Gasteiger partial charge in [0.15, 0.2) is 5.13 Å². The third-order valence-electron chi connectivity index (χ3n) is 3.48. The molecule has 0 radical (unpaired) electrons. The largest absolute Gasteiger partial charge is 0.382 e. The summed E-state index contributed by atoms with van der Waals surface area (Å²) in [5, 5.41) is 12.6. The molecule has 0 atom stereocenters. The van der Waals surface area contributed by atoms with Gasteiger partial charge in [-0.25, -0.2) is 4.98 Å². The molecule has 0 spiro atoms. The Morgan fingerprint density at radius 3 is 2.48 bits per heavy atom. The summed E-state index contributed by atoms with van der Waals surface area (Å²) < 4.78 is 0. The second kappa shape index (κ2) is 7.38. The molecule has 0 amide bonds. The molecule has 124 valence electrons. The molecule has 0 saturated carbocycles. The number of carbonyl (C=O) groups excluding carboxylic acids is 1. The summed E-state index contributed by atoms with van der Waals surface area (Å²) in [7, 11) is 0. The zero-order valence-electron chi connectivity index (χ0n) is 13.3. The SMILES string of the molecule is CSc1ccc(Nc2nc(N)c(C(=O)c3ccc(C#N)cc3)s2)cc1.